The highest BCUT2D eigenvalue weighted by molar-refractivity contribution is 5.92. The molecule has 0 bridgehead atoms. The number of amides is 3. The number of hydrogen-bond acceptors (Lipinski definition) is 7. The zero-order valence-electron chi connectivity index (χ0n) is 16.6. The number of carbonyl (C=O) groups is 4. The van der Waals surface area contributed by atoms with Crippen LogP contribution in [0, 0.1) is 5.92 Å². The molecule has 0 heterocycles. The van der Waals surface area contributed by atoms with E-state index in [0.717, 1.165) is 6.42 Å². The van der Waals surface area contributed by atoms with Gasteiger partial charge in [0.1, 0.15) is 6.04 Å². The molecule has 0 aromatic carbocycles. The van der Waals surface area contributed by atoms with Crippen LogP contribution in [0.5, 0.6) is 0 Å². The van der Waals surface area contributed by atoms with Crippen LogP contribution in [0.1, 0.15) is 40.0 Å². The molecule has 0 fully saturated rings. The molecule has 9 N–H and O–H groups in total. The fraction of sp³-hybridized carbons (Fsp3) is 0.765. The number of aliphatic hydroxyl groups is 1. The van der Waals surface area contributed by atoms with Crippen molar-refractivity contribution in [1.29, 1.82) is 0 Å². The number of unbranched alkanes of at least 4 members (excludes halogenated alkanes) is 1. The van der Waals surface area contributed by atoms with Crippen molar-refractivity contribution in [3.05, 3.63) is 0 Å². The summed E-state index contributed by atoms with van der Waals surface area (Å²) < 4.78 is 0. The van der Waals surface area contributed by atoms with Gasteiger partial charge in [-0.25, -0.2) is 4.79 Å². The SMILES string of the molecule is CC(C)C(NC(=O)C(N)CCCCN)C(=O)NCC(=O)NC(C(=O)O)C(C)O. The lowest BCUT2D eigenvalue weighted by Crippen LogP contribution is -2.56. The van der Waals surface area contributed by atoms with Crippen LogP contribution in [0.25, 0.3) is 0 Å². The number of aliphatic hydroxyl groups excluding tert-OH is 1. The second-order valence-electron chi connectivity index (χ2n) is 6.96. The van der Waals surface area contributed by atoms with E-state index >= 15 is 0 Å². The minimum Gasteiger partial charge on any atom is -0.480 e. The monoisotopic (exact) mass is 403 g/mol. The first kappa shape index (κ1) is 25.8. The molecule has 0 aromatic rings. The number of carbonyl (C=O) groups excluding carboxylic acids is 3. The molecule has 0 aliphatic carbocycles. The highest BCUT2D eigenvalue weighted by Crippen LogP contribution is 2.04. The van der Waals surface area contributed by atoms with E-state index in [1.807, 2.05) is 0 Å². The zero-order chi connectivity index (χ0) is 21.9. The molecular formula is C17H33N5O6. The van der Waals surface area contributed by atoms with Crippen molar-refractivity contribution in [2.75, 3.05) is 13.1 Å². The molecule has 0 saturated carbocycles. The molecule has 0 rings (SSSR count). The second-order valence-corrected chi connectivity index (χ2v) is 6.96. The molecule has 0 aliphatic heterocycles. The van der Waals surface area contributed by atoms with Crippen LogP contribution in [-0.4, -0.2) is 71.2 Å². The van der Waals surface area contributed by atoms with Gasteiger partial charge in [0.25, 0.3) is 0 Å². The van der Waals surface area contributed by atoms with Crippen molar-refractivity contribution in [3.8, 4) is 0 Å². The Hall–Kier alpha value is -2.24. The number of nitrogens with two attached hydrogens (primary N) is 2. The van der Waals surface area contributed by atoms with Crippen molar-refractivity contribution >= 4 is 23.7 Å². The van der Waals surface area contributed by atoms with E-state index in [-0.39, 0.29) is 5.92 Å². The molecule has 4 unspecified atom stereocenters. The molecule has 0 saturated heterocycles. The predicted molar refractivity (Wildman–Crippen MR) is 102 cm³/mol. The molecule has 0 spiro atoms. The molecule has 28 heavy (non-hydrogen) atoms. The summed E-state index contributed by atoms with van der Waals surface area (Å²) in [4.78, 5) is 47.3. The molecule has 3 amide bonds. The maximum atomic E-state index is 12.3. The predicted octanol–water partition coefficient (Wildman–Crippen LogP) is -2.35. The quantitative estimate of drug-likeness (QED) is 0.166. The van der Waals surface area contributed by atoms with Gasteiger partial charge in [-0.2, -0.15) is 0 Å². The number of aliphatic carboxylic acids is 1. The summed E-state index contributed by atoms with van der Waals surface area (Å²) >= 11 is 0. The van der Waals surface area contributed by atoms with Gasteiger partial charge < -0.3 is 37.6 Å². The first-order chi connectivity index (χ1) is 13.0. The first-order valence-electron chi connectivity index (χ1n) is 9.25. The third-order valence-electron chi connectivity index (χ3n) is 4.04. The fourth-order valence-electron chi connectivity index (χ4n) is 2.33. The van der Waals surface area contributed by atoms with Gasteiger partial charge in [-0.15, -0.1) is 0 Å². The van der Waals surface area contributed by atoms with Crippen LogP contribution in [-0.2, 0) is 19.2 Å². The normalized spacial score (nSPS) is 15.2. The number of nitrogens with one attached hydrogen (secondary N) is 3. The summed E-state index contributed by atoms with van der Waals surface area (Å²) in [6.45, 7) is 4.66. The smallest absolute Gasteiger partial charge is 0.328 e. The molecule has 0 aliphatic rings. The molecule has 0 radical (unpaired) electrons. The summed E-state index contributed by atoms with van der Waals surface area (Å²) in [5.74, 6) is -3.53. The van der Waals surface area contributed by atoms with Crippen LogP contribution in [0.2, 0.25) is 0 Å². The molecule has 11 nitrogen and oxygen atoms in total. The van der Waals surface area contributed by atoms with Gasteiger partial charge in [-0.1, -0.05) is 20.3 Å². The van der Waals surface area contributed by atoms with E-state index in [0.29, 0.717) is 19.4 Å². The molecule has 0 aromatic heterocycles. The standard InChI is InChI=1S/C17H33N5O6/c1-9(2)13(22-15(25)11(19)6-4-5-7-18)16(26)20-8-12(24)21-14(10(3)23)17(27)28/h9-11,13-14,23H,4-8,18-19H2,1-3H3,(H,20,26)(H,21,24)(H,22,25)(H,27,28). The van der Waals surface area contributed by atoms with Gasteiger partial charge in [-0.05, 0) is 32.2 Å². The van der Waals surface area contributed by atoms with Crippen molar-refractivity contribution in [2.24, 2.45) is 17.4 Å². The average molecular weight is 403 g/mol. The summed E-state index contributed by atoms with van der Waals surface area (Å²) in [7, 11) is 0. The van der Waals surface area contributed by atoms with E-state index in [1.165, 1.54) is 6.92 Å². The summed E-state index contributed by atoms with van der Waals surface area (Å²) in [5.41, 5.74) is 11.2. The van der Waals surface area contributed by atoms with Crippen molar-refractivity contribution in [3.63, 3.8) is 0 Å². The Morgan fingerprint density at radius 1 is 0.964 bits per heavy atom. The lowest BCUT2D eigenvalue weighted by atomic mass is 10.0. The van der Waals surface area contributed by atoms with E-state index in [9.17, 15) is 24.3 Å². The lowest BCUT2D eigenvalue weighted by Gasteiger charge is -2.24. The van der Waals surface area contributed by atoms with Crippen LogP contribution >= 0.6 is 0 Å². The highest BCUT2D eigenvalue weighted by atomic mass is 16.4. The largest absolute Gasteiger partial charge is 0.480 e. The van der Waals surface area contributed by atoms with Crippen molar-refractivity contribution < 1.29 is 29.4 Å². The minimum absolute atomic E-state index is 0.271. The van der Waals surface area contributed by atoms with Crippen LogP contribution in [0.3, 0.4) is 0 Å². The Kier molecular flexibility index (Phi) is 12.0. The Balaban J connectivity index is 4.68. The lowest BCUT2D eigenvalue weighted by molar-refractivity contribution is -0.144. The third-order valence-corrected chi connectivity index (χ3v) is 4.04. The van der Waals surface area contributed by atoms with E-state index in [1.54, 1.807) is 13.8 Å². The molecular weight excluding hydrogens is 370 g/mol. The zero-order valence-corrected chi connectivity index (χ0v) is 16.6. The number of hydrogen-bond donors (Lipinski definition) is 7. The van der Waals surface area contributed by atoms with Gasteiger partial charge >= 0.3 is 5.97 Å². The topological polar surface area (TPSA) is 197 Å². The summed E-state index contributed by atoms with van der Waals surface area (Å²) in [5, 5.41) is 25.3. The Morgan fingerprint density at radius 3 is 2.04 bits per heavy atom. The van der Waals surface area contributed by atoms with Gasteiger partial charge in [-0.3, -0.25) is 14.4 Å². The van der Waals surface area contributed by atoms with Gasteiger partial charge in [0.2, 0.25) is 17.7 Å². The summed E-state index contributed by atoms with van der Waals surface area (Å²) in [6.07, 6.45) is 0.570. The van der Waals surface area contributed by atoms with Crippen LogP contribution in [0.4, 0.5) is 0 Å². The number of rotatable bonds is 13. The van der Waals surface area contributed by atoms with E-state index in [2.05, 4.69) is 16.0 Å². The van der Waals surface area contributed by atoms with Gasteiger partial charge in [0, 0.05) is 0 Å². The number of carboxylic acid groups (broad SMARTS) is 1. The van der Waals surface area contributed by atoms with Gasteiger partial charge in [0.05, 0.1) is 18.7 Å². The maximum Gasteiger partial charge on any atom is 0.328 e. The van der Waals surface area contributed by atoms with Crippen LogP contribution < -0.4 is 27.4 Å². The highest BCUT2D eigenvalue weighted by Gasteiger charge is 2.28. The average Bonchev–Trinajstić information content (AvgIpc) is 2.61. The Morgan fingerprint density at radius 2 is 1.57 bits per heavy atom. The van der Waals surface area contributed by atoms with Crippen molar-refractivity contribution in [1.82, 2.24) is 16.0 Å². The number of carboxylic acids is 1. The first-order valence-corrected chi connectivity index (χ1v) is 9.25. The Labute approximate surface area is 164 Å². The molecule has 4 atom stereocenters. The van der Waals surface area contributed by atoms with Crippen LogP contribution in [0.15, 0.2) is 0 Å². The molecule has 162 valence electrons. The maximum absolute atomic E-state index is 12.3. The molecule has 11 heteroatoms. The van der Waals surface area contributed by atoms with E-state index < -0.39 is 54.5 Å². The Bertz CT molecular complexity index is 540. The fourth-order valence-corrected chi connectivity index (χ4v) is 2.33. The second kappa shape index (κ2) is 13.0. The van der Waals surface area contributed by atoms with Crippen molar-refractivity contribution in [2.45, 2.75) is 64.3 Å². The summed E-state index contributed by atoms with van der Waals surface area (Å²) in [6, 6.07) is -3.17. The van der Waals surface area contributed by atoms with Gasteiger partial charge in [0.15, 0.2) is 6.04 Å². The minimum atomic E-state index is -1.49. The third kappa shape index (κ3) is 9.62. The van der Waals surface area contributed by atoms with E-state index in [4.69, 9.17) is 16.6 Å².